The van der Waals surface area contributed by atoms with Gasteiger partial charge in [-0.05, 0) is 49.8 Å². The van der Waals surface area contributed by atoms with Crippen LogP contribution in [0.3, 0.4) is 0 Å². The molecule has 1 aliphatic rings. The molecule has 1 N–H and O–H groups in total. The monoisotopic (exact) mass is 294 g/mol. The lowest BCUT2D eigenvalue weighted by Gasteiger charge is -2.32. The van der Waals surface area contributed by atoms with Crippen molar-refractivity contribution in [3.63, 3.8) is 0 Å². The number of benzene rings is 1. The van der Waals surface area contributed by atoms with Gasteiger partial charge in [-0.25, -0.2) is 8.78 Å². The Hall–Kier alpha value is -1.17. The molecule has 0 saturated heterocycles. The average Bonchev–Trinajstić information content (AvgIpc) is 2.40. The molecule has 1 saturated carbocycles. The van der Waals surface area contributed by atoms with Gasteiger partial charge in [0.25, 0.3) is 0 Å². The predicted molar refractivity (Wildman–Crippen MR) is 62.8 cm³/mol. The number of rotatable bonds is 2. The lowest BCUT2D eigenvalue weighted by atomic mass is 9.77. The normalized spacial score (nSPS) is 25.5. The molecule has 0 spiro atoms. The molecule has 6 heteroatoms. The molecule has 0 amide bonds. The Bertz CT molecular complexity index is 463. The highest BCUT2D eigenvalue weighted by molar-refractivity contribution is 5.21. The molecule has 112 valence electrons. The summed E-state index contributed by atoms with van der Waals surface area (Å²) in [5, 5.41) is 10.1. The van der Waals surface area contributed by atoms with Gasteiger partial charge in [-0.1, -0.05) is 0 Å². The van der Waals surface area contributed by atoms with Gasteiger partial charge in [0.05, 0.1) is 12.0 Å². The maximum Gasteiger partial charge on any atom is 0.391 e. The SMILES string of the molecule is OC(c1cc(F)ccc1F)C1CCC(C(F)(F)F)CC1. The number of halogens is 5. The smallest absolute Gasteiger partial charge is 0.388 e. The molecule has 2 rings (SSSR count). The first-order chi connectivity index (χ1) is 9.29. The predicted octanol–water partition coefficient (Wildman–Crippen LogP) is 4.37. The van der Waals surface area contributed by atoms with Crippen molar-refractivity contribution < 1.29 is 27.1 Å². The summed E-state index contributed by atoms with van der Waals surface area (Å²) >= 11 is 0. The molecule has 0 radical (unpaired) electrons. The van der Waals surface area contributed by atoms with Crippen molar-refractivity contribution in [3.8, 4) is 0 Å². The summed E-state index contributed by atoms with van der Waals surface area (Å²) in [5.41, 5.74) is -0.180. The van der Waals surface area contributed by atoms with Crippen LogP contribution in [0, 0.1) is 23.5 Å². The van der Waals surface area contributed by atoms with Crippen LogP contribution in [-0.4, -0.2) is 11.3 Å². The Morgan fingerprint density at radius 2 is 1.65 bits per heavy atom. The summed E-state index contributed by atoms with van der Waals surface area (Å²) in [6, 6.07) is 2.75. The Kier molecular flexibility index (Phi) is 4.32. The molecule has 1 aromatic carbocycles. The van der Waals surface area contributed by atoms with E-state index in [0.29, 0.717) is 0 Å². The van der Waals surface area contributed by atoms with Gasteiger partial charge in [0, 0.05) is 5.56 Å². The molecule has 1 aliphatic carbocycles. The summed E-state index contributed by atoms with van der Waals surface area (Å²) in [6.45, 7) is 0. The molecule has 1 nitrogen and oxygen atoms in total. The highest BCUT2D eigenvalue weighted by Crippen LogP contribution is 2.43. The Labute approximate surface area is 113 Å². The first-order valence-corrected chi connectivity index (χ1v) is 6.48. The van der Waals surface area contributed by atoms with E-state index in [1.54, 1.807) is 0 Å². The van der Waals surface area contributed by atoms with E-state index in [4.69, 9.17) is 0 Å². The third-order valence-electron chi connectivity index (χ3n) is 3.96. The molecule has 1 aromatic rings. The Morgan fingerprint density at radius 3 is 2.20 bits per heavy atom. The van der Waals surface area contributed by atoms with Crippen molar-refractivity contribution in [2.24, 2.45) is 11.8 Å². The van der Waals surface area contributed by atoms with Crippen LogP contribution in [-0.2, 0) is 0 Å². The Morgan fingerprint density at radius 1 is 1.05 bits per heavy atom. The van der Waals surface area contributed by atoms with E-state index in [1.807, 2.05) is 0 Å². The second-order valence-electron chi connectivity index (χ2n) is 5.26. The van der Waals surface area contributed by atoms with Gasteiger partial charge >= 0.3 is 6.18 Å². The summed E-state index contributed by atoms with van der Waals surface area (Å²) < 4.78 is 64.2. The van der Waals surface area contributed by atoms with Gasteiger partial charge in [-0.15, -0.1) is 0 Å². The molecule has 20 heavy (non-hydrogen) atoms. The van der Waals surface area contributed by atoms with Crippen molar-refractivity contribution in [1.82, 2.24) is 0 Å². The molecule has 0 bridgehead atoms. The first-order valence-electron chi connectivity index (χ1n) is 6.48. The zero-order valence-corrected chi connectivity index (χ0v) is 10.6. The van der Waals surface area contributed by atoms with Gasteiger partial charge in [0.15, 0.2) is 0 Å². The van der Waals surface area contributed by atoms with E-state index < -0.39 is 35.8 Å². The van der Waals surface area contributed by atoms with E-state index in [9.17, 15) is 27.1 Å². The van der Waals surface area contributed by atoms with Crippen LogP contribution in [0.15, 0.2) is 18.2 Å². The summed E-state index contributed by atoms with van der Waals surface area (Å²) in [5.74, 6) is -3.24. The van der Waals surface area contributed by atoms with Crippen LogP contribution in [0.25, 0.3) is 0 Å². The number of aliphatic hydroxyl groups excluding tert-OH is 1. The quantitative estimate of drug-likeness (QED) is 0.803. The fraction of sp³-hybridized carbons (Fsp3) is 0.571. The van der Waals surface area contributed by atoms with Gasteiger partial charge in [0.2, 0.25) is 0 Å². The number of alkyl halides is 3. The molecular weight excluding hydrogens is 279 g/mol. The van der Waals surface area contributed by atoms with Crippen molar-refractivity contribution in [2.75, 3.05) is 0 Å². The van der Waals surface area contributed by atoms with Gasteiger partial charge in [-0.2, -0.15) is 13.2 Å². The molecular formula is C14H15F5O. The van der Waals surface area contributed by atoms with E-state index in [-0.39, 0.29) is 31.2 Å². The van der Waals surface area contributed by atoms with Crippen LogP contribution in [0.1, 0.15) is 37.4 Å². The van der Waals surface area contributed by atoms with Crippen LogP contribution in [0.2, 0.25) is 0 Å². The van der Waals surface area contributed by atoms with E-state index >= 15 is 0 Å². The standard InChI is InChI=1S/C14H15F5O/c15-10-5-6-12(16)11(7-10)13(20)8-1-3-9(4-2-8)14(17,18)19/h5-9,13,20H,1-4H2. The maximum absolute atomic E-state index is 13.5. The summed E-state index contributed by atoms with van der Waals surface area (Å²) in [6.07, 6.45) is -5.34. The fourth-order valence-corrected chi connectivity index (χ4v) is 2.76. The zero-order chi connectivity index (χ0) is 14.9. The van der Waals surface area contributed by atoms with Crippen LogP contribution in [0.5, 0.6) is 0 Å². The van der Waals surface area contributed by atoms with E-state index in [1.165, 1.54) is 0 Å². The molecule has 1 unspecified atom stereocenters. The molecule has 0 heterocycles. The van der Waals surface area contributed by atoms with Crippen molar-refractivity contribution in [3.05, 3.63) is 35.4 Å². The summed E-state index contributed by atoms with van der Waals surface area (Å²) in [7, 11) is 0. The number of hydrogen-bond acceptors (Lipinski definition) is 1. The van der Waals surface area contributed by atoms with Crippen molar-refractivity contribution >= 4 is 0 Å². The summed E-state index contributed by atoms with van der Waals surface area (Å²) in [4.78, 5) is 0. The van der Waals surface area contributed by atoms with Crippen LogP contribution < -0.4 is 0 Å². The minimum atomic E-state index is -4.22. The van der Waals surface area contributed by atoms with Crippen LogP contribution >= 0.6 is 0 Å². The second kappa shape index (κ2) is 5.68. The highest BCUT2D eigenvalue weighted by Gasteiger charge is 2.42. The van der Waals surface area contributed by atoms with Crippen molar-refractivity contribution in [2.45, 2.75) is 38.0 Å². The van der Waals surface area contributed by atoms with Gasteiger partial charge in [-0.3, -0.25) is 0 Å². The largest absolute Gasteiger partial charge is 0.391 e. The molecule has 1 atom stereocenters. The van der Waals surface area contributed by atoms with Gasteiger partial charge < -0.3 is 5.11 Å². The maximum atomic E-state index is 13.5. The third-order valence-corrected chi connectivity index (χ3v) is 3.96. The topological polar surface area (TPSA) is 20.2 Å². The minimum absolute atomic E-state index is 0.0812. The molecule has 1 fully saturated rings. The second-order valence-corrected chi connectivity index (χ2v) is 5.26. The lowest BCUT2D eigenvalue weighted by Crippen LogP contribution is -2.29. The van der Waals surface area contributed by atoms with Gasteiger partial charge in [0.1, 0.15) is 11.6 Å². The van der Waals surface area contributed by atoms with E-state index in [2.05, 4.69) is 0 Å². The average molecular weight is 294 g/mol. The molecule has 0 aliphatic heterocycles. The molecule has 0 aromatic heterocycles. The minimum Gasteiger partial charge on any atom is -0.388 e. The Balaban J connectivity index is 2.05. The van der Waals surface area contributed by atoms with Crippen molar-refractivity contribution in [1.29, 1.82) is 0 Å². The lowest BCUT2D eigenvalue weighted by molar-refractivity contribution is -0.185. The zero-order valence-electron chi connectivity index (χ0n) is 10.6. The third kappa shape index (κ3) is 3.29. The number of aliphatic hydroxyl groups is 1. The van der Waals surface area contributed by atoms with Crippen LogP contribution in [0.4, 0.5) is 22.0 Å². The highest BCUT2D eigenvalue weighted by atomic mass is 19.4. The fourth-order valence-electron chi connectivity index (χ4n) is 2.76. The first kappa shape index (κ1) is 15.2. The van der Waals surface area contributed by atoms with E-state index in [0.717, 1.165) is 18.2 Å². The number of hydrogen-bond donors (Lipinski definition) is 1.